The first-order chi connectivity index (χ1) is 6.86. The fourth-order valence-corrected chi connectivity index (χ4v) is 0.882. The molecule has 2 N–H and O–H groups in total. The average molecular weight is 258 g/mol. The Morgan fingerprint density at radius 2 is 1.81 bits per heavy atom. The quantitative estimate of drug-likeness (QED) is 0.362. The Morgan fingerprint density at radius 3 is 2.06 bits per heavy atom. The van der Waals surface area contributed by atoms with Crippen LogP contribution in [0.25, 0.3) is 0 Å². The van der Waals surface area contributed by atoms with Crippen molar-refractivity contribution in [3.63, 3.8) is 0 Å². The highest BCUT2D eigenvalue weighted by atomic mass is 35.5. The molecule has 0 saturated carbocycles. The molecule has 0 atom stereocenters. The number of nitrogens with one attached hydrogen (secondary N) is 1. The van der Waals surface area contributed by atoms with E-state index in [-0.39, 0.29) is 19.0 Å². The Balaban J connectivity index is 0. The zero-order chi connectivity index (χ0) is 12.1. The maximum absolute atomic E-state index is 10.5. The van der Waals surface area contributed by atoms with E-state index >= 15 is 0 Å². The molecule has 0 unspecified atom stereocenters. The van der Waals surface area contributed by atoms with Gasteiger partial charge < -0.3 is 10.4 Å². The van der Waals surface area contributed by atoms with Crippen LogP contribution < -0.4 is 5.32 Å². The Hall–Kier alpha value is -1.48. The Morgan fingerprint density at radius 1 is 1.38 bits per heavy atom. The van der Waals surface area contributed by atoms with Crippen LogP contribution in [0.1, 0.15) is 13.3 Å². The maximum Gasteiger partial charge on any atom is 0.482 e. The van der Waals surface area contributed by atoms with E-state index in [4.69, 9.17) is 5.11 Å². The molecule has 0 radical (unpaired) electrons. The number of nitrogens with zero attached hydrogens (tertiary/aromatic N) is 2. The fraction of sp³-hybridized carbons (Fsp3) is 0.833. The molecule has 0 aromatic carbocycles. The van der Waals surface area contributed by atoms with Gasteiger partial charge in [0.15, 0.2) is 6.61 Å². The summed E-state index contributed by atoms with van der Waals surface area (Å²) in [6.45, 7) is -0.274. The summed E-state index contributed by atoms with van der Waals surface area (Å²) in [5.74, 6) is -0.450. The molecule has 0 aromatic heterocycles. The number of nitro groups is 2. The molecule has 10 heteroatoms. The molecule has 16 heavy (non-hydrogen) atoms. The zero-order valence-electron chi connectivity index (χ0n) is 8.41. The van der Waals surface area contributed by atoms with E-state index in [1.807, 2.05) is 0 Å². The van der Waals surface area contributed by atoms with Crippen LogP contribution in [0.2, 0.25) is 0 Å². The van der Waals surface area contributed by atoms with Crippen LogP contribution in [0, 0.1) is 20.2 Å². The molecule has 0 heterocycles. The maximum atomic E-state index is 10.5. The van der Waals surface area contributed by atoms with Crippen LogP contribution in [0.3, 0.4) is 0 Å². The number of carbonyl (C=O) groups is 1. The fourth-order valence-electron chi connectivity index (χ4n) is 0.882. The zero-order valence-corrected chi connectivity index (χ0v) is 9.23. The third-order valence-electron chi connectivity index (χ3n) is 1.83. The molecule has 94 valence electrons. The van der Waals surface area contributed by atoms with E-state index in [0.29, 0.717) is 0 Å². The highest BCUT2D eigenvalue weighted by Crippen LogP contribution is 2.14. The van der Waals surface area contributed by atoms with Gasteiger partial charge in [-0.3, -0.25) is 25.0 Å². The van der Waals surface area contributed by atoms with Gasteiger partial charge in [0.2, 0.25) is 5.91 Å². The number of carbonyl (C=O) groups excluding carboxylic acids is 1. The lowest BCUT2D eigenvalue weighted by atomic mass is 10.1. The third kappa shape index (κ3) is 3.95. The number of aliphatic hydroxyl groups is 1. The van der Waals surface area contributed by atoms with Gasteiger partial charge >= 0.3 is 5.66 Å². The first-order valence-corrected chi connectivity index (χ1v) is 4.01. The highest BCUT2D eigenvalue weighted by molar-refractivity contribution is 5.85. The summed E-state index contributed by atoms with van der Waals surface area (Å²) in [5.41, 5.74) is -2.64. The summed E-state index contributed by atoms with van der Waals surface area (Å²) >= 11 is 0. The predicted molar refractivity (Wildman–Crippen MR) is 54.4 cm³/mol. The number of rotatable bonds is 6. The van der Waals surface area contributed by atoms with E-state index in [1.54, 1.807) is 0 Å². The van der Waals surface area contributed by atoms with Crippen molar-refractivity contribution in [3.05, 3.63) is 20.2 Å². The lowest BCUT2D eigenvalue weighted by Gasteiger charge is -2.14. The van der Waals surface area contributed by atoms with Crippen molar-refractivity contribution in [2.24, 2.45) is 0 Å². The van der Waals surface area contributed by atoms with Gasteiger partial charge in [0, 0.05) is 13.5 Å². The Kier molecular flexibility index (Phi) is 7.31. The van der Waals surface area contributed by atoms with E-state index in [0.717, 1.165) is 0 Å². The van der Waals surface area contributed by atoms with Gasteiger partial charge in [0.1, 0.15) is 16.3 Å². The Bertz CT molecular complexity index is 269. The molecule has 0 aliphatic rings. The number of halogens is 1. The summed E-state index contributed by atoms with van der Waals surface area (Å²) < 4.78 is 0. The molecule has 0 aliphatic heterocycles. The summed E-state index contributed by atoms with van der Waals surface area (Å²) in [4.78, 5) is 29.1. The van der Waals surface area contributed by atoms with Crippen LogP contribution in [0.5, 0.6) is 0 Å². The summed E-state index contributed by atoms with van der Waals surface area (Å²) in [7, 11) is 0. The number of aliphatic hydroxyl groups excluding tert-OH is 1. The summed E-state index contributed by atoms with van der Waals surface area (Å²) in [6.07, 6.45) is -0.566. The molecule has 0 bridgehead atoms. The minimum atomic E-state index is -2.64. The van der Waals surface area contributed by atoms with Crippen LogP contribution in [-0.4, -0.2) is 39.7 Å². The standard InChI is InChI=1S/C6H11N3O6.ClH/c1-5(11)7-3-2-6(4-10,8(12)13)9(14)15;/h10H,2-4H2,1H3,(H,7,11);1H. The van der Waals surface area contributed by atoms with Gasteiger partial charge in [-0.05, 0) is 0 Å². The van der Waals surface area contributed by atoms with Crippen molar-refractivity contribution in [1.29, 1.82) is 0 Å². The van der Waals surface area contributed by atoms with Gasteiger partial charge in [0.05, 0.1) is 0 Å². The normalized spacial score (nSPS) is 10.1. The van der Waals surface area contributed by atoms with Gasteiger partial charge in [-0.2, -0.15) is 0 Å². The second kappa shape index (κ2) is 6.90. The summed E-state index contributed by atoms with van der Waals surface area (Å²) in [6, 6.07) is 0. The van der Waals surface area contributed by atoms with Crippen molar-refractivity contribution in [1.82, 2.24) is 5.32 Å². The lowest BCUT2D eigenvalue weighted by molar-refractivity contribution is -0.799. The van der Waals surface area contributed by atoms with Gasteiger partial charge in [0.25, 0.3) is 0 Å². The third-order valence-corrected chi connectivity index (χ3v) is 1.83. The molecule has 0 spiro atoms. The van der Waals surface area contributed by atoms with Gasteiger partial charge in [-0.25, -0.2) is 0 Å². The number of amides is 1. The van der Waals surface area contributed by atoms with Crippen molar-refractivity contribution in [2.75, 3.05) is 13.2 Å². The molecule has 0 fully saturated rings. The van der Waals surface area contributed by atoms with Crippen LogP contribution in [0.4, 0.5) is 0 Å². The van der Waals surface area contributed by atoms with Gasteiger partial charge in [-0.15, -0.1) is 12.4 Å². The number of hydrogen-bond acceptors (Lipinski definition) is 6. The smallest absolute Gasteiger partial charge is 0.382 e. The molecule has 1 amide bonds. The molecule has 9 nitrogen and oxygen atoms in total. The average Bonchev–Trinajstić information content (AvgIpc) is 2.10. The SMILES string of the molecule is CC(=O)NCCC(CO)([N+](=O)[O-])[N+](=O)[O-].Cl. The second-order valence-corrected chi connectivity index (χ2v) is 2.89. The highest BCUT2D eigenvalue weighted by Gasteiger charge is 2.55. The van der Waals surface area contributed by atoms with Crippen molar-refractivity contribution in [3.8, 4) is 0 Å². The minimum absolute atomic E-state index is 0. The van der Waals surface area contributed by atoms with Crippen LogP contribution >= 0.6 is 12.4 Å². The van der Waals surface area contributed by atoms with Crippen LogP contribution in [0.15, 0.2) is 0 Å². The van der Waals surface area contributed by atoms with Crippen LogP contribution in [-0.2, 0) is 4.79 Å². The summed E-state index contributed by atoms with van der Waals surface area (Å²) in [5, 5.41) is 31.8. The largest absolute Gasteiger partial charge is 0.482 e. The van der Waals surface area contributed by atoms with E-state index < -0.39 is 34.4 Å². The molecule has 0 aliphatic carbocycles. The van der Waals surface area contributed by atoms with E-state index in [2.05, 4.69) is 5.32 Å². The topological polar surface area (TPSA) is 136 Å². The van der Waals surface area contributed by atoms with Crippen molar-refractivity contribution < 1.29 is 19.7 Å². The van der Waals surface area contributed by atoms with Crippen molar-refractivity contribution >= 4 is 18.3 Å². The number of hydrogen-bond donors (Lipinski definition) is 2. The van der Waals surface area contributed by atoms with Crippen molar-refractivity contribution in [2.45, 2.75) is 19.0 Å². The monoisotopic (exact) mass is 257 g/mol. The van der Waals surface area contributed by atoms with Gasteiger partial charge in [-0.1, -0.05) is 0 Å². The molecule has 0 rings (SSSR count). The minimum Gasteiger partial charge on any atom is -0.382 e. The predicted octanol–water partition coefficient (Wildman–Crippen LogP) is -0.824. The molecule has 0 aromatic rings. The first-order valence-electron chi connectivity index (χ1n) is 4.01. The van der Waals surface area contributed by atoms with E-state index in [1.165, 1.54) is 6.92 Å². The molecule has 0 saturated heterocycles. The molecular formula is C6H12ClN3O6. The first kappa shape index (κ1) is 16.9. The second-order valence-electron chi connectivity index (χ2n) is 2.89. The molecular weight excluding hydrogens is 246 g/mol. The van der Waals surface area contributed by atoms with E-state index in [9.17, 15) is 25.0 Å². The lowest BCUT2D eigenvalue weighted by Crippen LogP contribution is -2.51. The Labute approximate surface area is 96.5 Å².